The van der Waals surface area contributed by atoms with Crippen LogP contribution in [0.3, 0.4) is 0 Å². The first-order valence-corrected chi connectivity index (χ1v) is 7.61. The second kappa shape index (κ2) is 6.14. The second-order valence-corrected chi connectivity index (χ2v) is 6.49. The fourth-order valence-electron chi connectivity index (χ4n) is 2.70. The number of likely N-dealkylation sites (tertiary alicyclic amines) is 1. The molecule has 0 aromatic heterocycles. The fourth-order valence-corrected chi connectivity index (χ4v) is 3.18. The van der Waals surface area contributed by atoms with Gasteiger partial charge >= 0.3 is 0 Å². The number of benzene rings is 1. The van der Waals surface area contributed by atoms with Crippen LogP contribution in [0.15, 0.2) is 22.7 Å². The molecule has 110 valence electrons. The number of carbonyl (C=O) groups excluding carboxylic acids is 1. The van der Waals surface area contributed by atoms with Gasteiger partial charge in [-0.1, -0.05) is 29.8 Å². The number of methoxy groups -OCH3 is 1. The van der Waals surface area contributed by atoms with E-state index < -0.39 is 0 Å². The van der Waals surface area contributed by atoms with Crippen LogP contribution < -0.4 is 10.5 Å². The Labute approximate surface area is 128 Å². The van der Waals surface area contributed by atoms with Gasteiger partial charge in [0.2, 0.25) is 5.91 Å². The molecule has 1 saturated heterocycles. The minimum absolute atomic E-state index is 0.0885. The van der Waals surface area contributed by atoms with Gasteiger partial charge in [-0.05, 0) is 29.7 Å². The highest BCUT2D eigenvalue weighted by molar-refractivity contribution is 9.10. The lowest BCUT2D eigenvalue weighted by molar-refractivity contribution is -0.129. The lowest BCUT2D eigenvalue weighted by atomic mass is 10.00. The van der Waals surface area contributed by atoms with Crippen LogP contribution >= 0.6 is 15.9 Å². The van der Waals surface area contributed by atoms with Crippen molar-refractivity contribution in [2.24, 2.45) is 11.7 Å². The van der Waals surface area contributed by atoms with Crippen molar-refractivity contribution >= 4 is 21.8 Å². The molecule has 2 atom stereocenters. The van der Waals surface area contributed by atoms with Crippen LogP contribution in [0.25, 0.3) is 0 Å². The highest BCUT2D eigenvalue weighted by Gasteiger charge is 2.39. The van der Waals surface area contributed by atoms with Crippen LogP contribution in [0, 0.1) is 5.92 Å². The maximum atomic E-state index is 12.2. The number of hydrogen-bond donors (Lipinski definition) is 1. The van der Waals surface area contributed by atoms with Crippen molar-refractivity contribution in [2.75, 3.05) is 13.7 Å². The summed E-state index contributed by atoms with van der Waals surface area (Å²) >= 11 is 3.56. The van der Waals surface area contributed by atoms with E-state index in [0.29, 0.717) is 12.3 Å². The largest absolute Gasteiger partial charge is 0.497 e. The molecule has 0 spiro atoms. The fraction of sp³-hybridized carbons (Fsp3) is 0.533. The van der Waals surface area contributed by atoms with Crippen LogP contribution in [0.4, 0.5) is 0 Å². The summed E-state index contributed by atoms with van der Waals surface area (Å²) in [6.07, 6.45) is 0.404. The molecule has 2 unspecified atom stereocenters. The van der Waals surface area contributed by atoms with Gasteiger partial charge in [-0.3, -0.25) is 4.79 Å². The summed E-state index contributed by atoms with van der Waals surface area (Å²) in [7, 11) is 1.64. The summed E-state index contributed by atoms with van der Waals surface area (Å²) < 4.78 is 6.24. The molecule has 2 N–H and O–H groups in total. The zero-order chi connectivity index (χ0) is 14.9. The van der Waals surface area contributed by atoms with E-state index in [-0.39, 0.29) is 18.0 Å². The van der Waals surface area contributed by atoms with Crippen molar-refractivity contribution < 1.29 is 9.53 Å². The number of nitrogens with two attached hydrogens (primary N) is 1. The SMILES string of the molecule is COc1ccc(Br)c(C2C(N)CC(=O)N2CC(C)C)c1. The predicted octanol–water partition coefficient (Wildman–Crippen LogP) is 2.71. The standard InChI is InChI=1S/C15H21BrN2O2/c1-9(2)8-18-14(19)7-13(17)15(18)11-6-10(20-3)4-5-12(11)16/h4-6,9,13,15H,7-8,17H2,1-3H3. The molecule has 0 bridgehead atoms. The summed E-state index contributed by atoms with van der Waals surface area (Å²) in [4.78, 5) is 14.1. The van der Waals surface area contributed by atoms with Crippen molar-refractivity contribution in [2.45, 2.75) is 32.4 Å². The molecule has 0 radical (unpaired) electrons. The van der Waals surface area contributed by atoms with E-state index >= 15 is 0 Å². The van der Waals surface area contributed by atoms with Crippen LogP contribution in [0.2, 0.25) is 0 Å². The monoisotopic (exact) mass is 340 g/mol. The van der Waals surface area contributed by atoms with Crippen LogP contribution in [0.5, 0.6) is 5.75 Å². The molecule has 1 fully saturated rings. The quantitative estimate of drug-likeness (QED) is 0.916. The predicted molar refractivity (Wildman–Crippen MR) is 82.6 cm³/mol. The Bertz CT molecular complexity index is 505. The molecule has 0 saturated carbocycles. The van der Waals surface area contributed by atoms with Crippen molar-refractivity contribution in [3.05, 3.63) is 28.2 Å². The zero-order valence-electron chi connectivity index (χ0n) is 12.1. The van der Waals surface area contributed by atoms with E-state index in [4.69, 9.17) is 10.5 Å². The van der Waals surface area contributed by atoms with Gasteiger partial charge in [-0.15, -0.1) is 0 Å². The van der Waals surface area contributed by atoms with Gasteiger partial charge in [0.05, 0.1) is 13.2 Å². The van der Waals surface area contributed by atoms with Crippen molar-refractivity contribution in [1.82, 2.24) is 4.90 Å². The van der Waals surface area contributed by atoms with Crippen LogP contribution in [-0.2, 0) is 4.79 Å². The minimum Gasteiger partial charge on any atom is -0.497 e. The summed E-state index contributed by atoms with van der Waals surface area (Å²) in [6, 6.07) is 5.53. The Kier molecular flexibility index (Phi) is 4.70. The van der Waals surface area contributed by atoms with Gasteiger partial charge in [-0.2, -0.15) is 0 Å². The number of nitrogens with zero attached hydrogens (tertiary/aromatic N) is 1. The molecule has 4 nitrogen and oxygen atoms in total. The maximum absolute atomic E-state index is 12.2. The average molecular weight is 341 g/mol. The summed E-state index contributed by atoms with van der Waals surface area (Å²) in [6.45, 7) is 4.93. The molecule has 5 heteroatoms. The number of hydrogen-bond acceptors (Lipinski definition) is 3. The van der Waals surface area contributed by atoms with Crippen molar-refractivity contribution in [3.8, 4) is 5.75 Å². The Hall–Kier alpha value is -1.07. The Balaban J connectivity index is 2.39. The second-order valence-electron chi connectivity index (χ2n) is 5.64. The topological polar surface area (TPSA) is 55.6 Å². The number of carbonyl (C=O) groups is 1. The molecule has 1 heterocycles. The van der Waals surface area contributed by atoms with Gasteiger partial charge in [0.15, 0.2) is 0 Å². The third-order valence-electron chi connectivity index (χ3n) is 3.56. The van der Waals surface area contributed by atoms with E-state index in [0.717, 1.165) is 22.3 Å². The number of ether oxygens (including phenoxy) is 1. The zero-order valence-corrected chi connectivity index (χ0v) is 13.7. The van der Waals surface area contributed by atoms with Gasteiger partial charge in [-0.25, -0.2) is 0 Å². The molecule has 1 aromatic rings. The normalized spacial score (nSPS) is 22.7. The summed E-state index contributed by atoms with van der Waals surface area (Å²) in [5, 5.41) is 0. The molecule has 20 heavy (non-hydrogen) atoms. The van der Waals surface area contributed by atoms with E-state index in [9.17, 15) is 4.79 Å². The Morgan fingerprint density at radius 3 is 2.80 bits per heavy atom. The first kappa shape index (κ1) is 15.3. The van der Waals surface area contributed by atoms with Gasteiger partial charge < -0.3 is 15.4 Å². The third-order valence-corrected chi connectivity index (χ3v) is 4.28. The molecule has 2 rings (SSSR count). The summed E-state index contributed by atoms with van der Waals surface area (Å²) in [5.41, 5.74) is 7.22. The number of halogens is 1. The molecular weight excluding hydrogens is 320 g/mol. The van der Waals surface area contributed by atoms with Crippen molar-refractivity contribution in [3.63, 3.8) is 0 Å². The lowest BCUT2D eigenvalue weighted by Crippen LogP contribution is -2.35. The van der Waals surface area contributed by atoms with Crippen LogP contribution in [-0.4, -0.2) is 30.5 Å². The first-order chi connectivity index (χ1) is 9.43. The summed E-state index contributed by atoms with van der Waals surface area (Å²) in [5.74, 6) is 1.32. The minimum atomic E-state index is -0.176. The maximum Gasteiger partial charge on any atom is 0.224 e. The highest BCUT2D eigenvalue weighted by Crippen LogP contribution is 2.38. The average Bonchev–Trinajstić information content (AvgIpc) is 2.65. The highest BCUT2D eigenvalue weighted by atomic mass is 79.9. The van der Waals surface area contributed by atoms with Gasteiger partial charge in [0.25, 0.3) is 0 Å². The smallest absolute Gasteiger partial charge is 0.224 e. The van der Waals surface area contributed by atoms with E-state index in [1.165, 1.54) is 0 Å². The molecule has 1 aliphatic heterocycles. The van der Waals surface area contributed by atoms with Crippen LogP contribution in [0.1, 0.15) is 31.9 Å². The molecule has 1 aliphatic rings. The van der Waals surface area contributed by atoms with Crippen molar-refractivity contribution in [1.29, 1.82) is 0 Å². The molecule has 1 aromatic carbocycles. The molecule has 0 aliphatic carbocycles. The van der Waals surface area contributed by atoms with E-state index in [1.54, 1.807) is 7.11 Å². The lowest BCUT2D eigenvalue weighted by Gasteiger charge is -2.29. The number of rotatable bonds is 4. The van der Waals surface area contributed by atoms with Gasteiger partial charge in [0, 0.05) is 23.5 Å². The number of amides is 1. The van der Waals surface area contributed by atoms with E-state index in [1.807, 2.05) is 23.1 Å². The van der Waals surface area contributed by atoms with Gasteiger partial charge in [0.1, 0.15) is 5.75 Å². The first-order valence-electron chi connectivity index (χ1n) is 6.82. The molecular formula is C15H21BrN2O2. The van der Waals surface area contributed by atoms with E-state index in [2.05, 4.69) is 29.8 Å². The third kappa shape index (κ3) is 2.99. The Morgan fingerprint density at radius 1 is 1.50 bits per heavy atom. The Morgan fingerprint density at radius 2 is 2.20 bits per heavy atom. The molecule has 1 amide bonds.